The molecule has 1 N–H and O–H groups in total. The second kappa shape index (κ2) is 8.85. The van der Waals surface area contributed by atoms with E-state index in [1.807, 2.05) is 18.3 Å². The minimum absolute atomic E-state index is 0.158. The molecule has 0 bridgehead atoms. The number of rotatable bonds is 7. The summed E-state index contributed by atoms with van der Waals surface area (Å²) < 4.78 is 13.0. The smallest absolute Gasteiger partial charge is 0.311 e. The lowest BCUT2D eigenvalue weighted by atomic mass is 9.82. The van der Waals surface area contributed by atoms with E-state index in [1.165, 1.54) is 0 Å². The van der Waals surface area contributed by atoms with Crippen LogP contribution in [0.2, 0.25) is 0 Å². The highest BCUT2D eigenvalue weighted by Crippen LogP contribution is 2.38. The minimum Gasteiger partial charge on any atom is -0.493 e. The van der Waals surface area contributed by atoms with Gasteiger partial charge >= 0.3 is 5.97 Å². The Balaban J connectivity index is 2.12. The van der Waals surface area contributed by atoms with Crippen LogP contribution in [-0.4, -0.2) is 28.0 Å². The van der Waals surface area contributed by atoms with Crippen LogP contribution in [0.15, 0.2) is 36.5 Å². The van der Waals surface area contributed by atoms with Crippen molar-refractivity contribution in [1.82, 2.24) is 9.38 Å². The van der Waals surface area contributed by atoms with E-state index in [0.29, 0.717) is 17.9 Å². The molecule has 0 aliphatic carbocycles. The third-order valence-electron chi connectivity index (χ3n) is 5.16. The molecule has 0 unspecified atom stereocenters. The highest BCUT2D eigenvalue weighted by atomic mass is 16.6. The molecule has 0 saturated heterocycles. The predicted molar refractivity (Wildman–Crippen MR) is 130 cm³/mol. The van der Waals surface area contributed by atoms with Gasteiger partial charge in [-0.1, -0.05) is 27.7 Å². The zero-order valence-corrected chi connectivity index (χ0v) is 20.5. The lowest BCUT2D eigenvalue weighted by Gasteiger charge is -2.34. The Labute approximate surface area is 191 Å². The number of aryl methyl sites for hydroxylation is 1. The van der Waals surface area contributed by atoms with E-state index in [1.54, 1.807) is 20.1 Å². The number of esters is 1. The van der Waals surface area contributed by atoms with Crippen LogP contribution in [0.5, 0.6) is 11.5 Å². The van der Waals surface area contributed by atoms with Gasteiger partial charge in [-0.3, -0.25) is 9.20 Å². The average molecular weight is 438 g/mol. The molecule has 6 nitrogen and oxygen atoms in total. The SMILES string of the molecule is CCC(=O)Oc1ccc(-c2nc3cc(C)ccn3c2NC(C)(C)CC(C)(C)C)cc1OC. The number of carbonyl (C=O) groups excluding carboxylic acids is 1. The lowest BCUT2D eigenvalue weighted by molar-refractivity contribution is -0.134. The van der Waals surface area contributed by atoms with Gasteiger partial charge in [0.25, 0.3) is 0 Å². The van der Waals surface area contributed by atoms with Crippen molar-refractivity contribution in [2.75, 3.05) is 12.4 Å². The number of benzene rings is 1. The number of hydrogen-bond donors (Lipinski definition) is 1. The van der Waals surface area contributed by atoms with E-state index in [4.69, 9.17) is 14.5 Å². The first-order valence-corrected chi connectivity index (χ1v) is 11.1. The first-order chi connectivity index (χ1) is 14.9. The number of nitrogens with zero attached hydrogens (tertiary/aromatic N) is 2. The molecule has 32 heavy (non-hydrogen) atoms. The van der Waals surface area contributed by atoms with E-state index in [-0.39, 0.29) is 16.9 Å². The highest BCUT2D eigenvalue weighted by molar-refractivity contribution is 5.79. The maximum Gasteiger partial charge on any atom is 0.311 e. The summed E-state index contributed by atoms with van der Waals surface area (Å²) in [6.07, 6.45) is 3.33. The average Bonchev–Trinajstić information content (AvgIpc) is 3.02. The van der Waals surface area contributed by atoms with E-state index in [2.05, 4.69) is 63.4 Å². The molecule has 0 saturated carbocycles. The van der Waals surface area contributed by atoms with Crippen molar-refractivity contribution in [3.63, 3.8) is 0 Å². The molecule has 2 aromatic heterocycles. The Bertz CT molecular complexity index is 1120. The summed E-state index contributed by atoms with van der Waals surface area (Å²) in [5.41, 5.74) is 3.73. The van der Waals surface area contributed by atoms with Gasteiger partial charge in [-0.05, 0) is 68.5 Å². The number of methoxy groups -OCH3 is 1. The molecule has 0 spiro atoms. The molecule has 0 amide bonds. The molecule has 0 fully saturated rings. The number of pyridine rings is 1. The van der Waals surface area contributed by atoms with E-state index >= 15 is 0 Å². The molecule has 0 atom stereocenters. The van der Waals surface area contributed by atoms with Crippen LogP contribution in [0.1, 0.15) is 59.9 Å². The van der Waals surface area contributed by atoms with Gasteiger partial charge in [-0.15, -0.1) is 0 Å². The molecule has 172 valence electrons. The number of nitrogens with one attached hydrogen (secondary N) is 1. The standard InChI is InChI=1S/C26H35N3O3/c1-9-22(30)32-19-11-10-18(15-20(19)31-8)23-24(28-26(6,7)16-25(3,4)5)29-13-12-17(2)14-21(29)27-23/h10-15,28H,9,16H2,1-8H3. The summed E-state index contributed by atoms with van der Waals surface area (Å²) in [6, 6.07) is 9.70. The van der Waals surface area contributed by atoms with E-state index in [0.717, 1.165) is 34.7 Å². The van der Waals surface area contributed by atoms with Gasteiger partial charge in [-0.2, -0.15) is 0 Å². The molecule has 6 heteroatoms. The third-order valence-corrected chi connectivity index (χ3v) is 5.16. The predicted octanol–water partition coefficient (Wildman–Crippen LogP) is 6.26. The summed E-state index contributed by atoms with van der Waals surface area (Å²) in [5.74, 6) is 1.53. The van der Waals surface area contributed by atoms with Crippen molar-refractivity contribution in [1.29, 1.82) is 0 Å². The number of aromatic nitrogens is 2. The monoisotopic (exact) mass is 437 g/mol. The molecular formula is C26H35N3O3. The first-order valence-electron chi connectivity index (χ1n) is 11.1. The molecule has 0 aliphatic rings. The second-order valence-corrected chi connectivity index (χ2v) is 10.2. The molecular weight excluding hydrogens is 402 g/mol. The molecule has 0 radical (unpaired) electrons. The van der Waals surface area contributed by atoms with Gasteiger partial charge in [0.1, 0.15) is 17.2 Å². The second-order valence-electron chi connectivity index (χ2n) is 10.2. The molecule has 0 aliphatic heterocycles. The van der Waals surface area contributed by atoms with Crippen molar-refractivity contribution in [2.45, 2.75) is 66.8 Å². The Morgan fingerprint density at radius 2 is 1.81 bits per heavy atom. The molecule has 3 rings (SSSR count). The van der Waals surface area contributed by atoms with Crippen molar-refractivity contribution >= 4 is 17.4 Å². The summed E-state index contributed by atoms with van der Waals surface area (Å²) in [6.45, 7) is 15.0. The topological polar surface area (TPSA) is 64.9 Å². The van der Waals surface area contributed by atoms with Gasteiger partial charge in [0, 0.05) is 23.7 Å². The maximum atomic E-state index is 11.8. The fraction of sp³-hybridized carbons (Fsp3) is 0.462. The van der Waals surface area contributed by atoms with Gasteiger partial charge < -0.3 is 14.8 Å². The molecule has 1 aromatic carbocycles. The van der Waals surface area contributed by atoms with E-state index < -0.39 is 0 Å². The van der Waals surface area contributed by atoms with Gasteiger partial charge in [0.05, 0.1) is 7.11 Å². The zero-order valence-electron chi connectivity index (χ0n) is 20.5. The number of imidazole rings is 1. The number of hydrogen-bond acceptors (Lipinski definition) is 5. The minimum atomic E-state index is -0.300. The van der Waals surface area contributed by atoms with Gasteiger partial charge in [-0.25, -0.2) is 4.98 Å². The van der Waals surface area contributed by atoms with Crippen LogP contribution in [0, 0.1) is 12.3 Å². The first kappa shape index (κ1) is 23.6. The summed E-state index contributed by atoms with van der Waals surface area (Å²) >= 11 is 0. The van der Waals surface area contributed by atoms with Crippen molar-refractivity contribution in [3.05, 3.63) is 42.1 Å². The highest BCUT2D eigenvalue weighted by Gasteiger charge is 2.28. The fourth-order valence-electron chi connectivity index (χ4n) is 4.25. The van der Waals surface area contributed by atoms with Crippen molar-refractivity contribution < 1.29 is 14.3 Å². The summed E-state index contributed by atoms with van der Waals surface area (Å²) in [5, 5.41) is 3.75. The number of fused-ring (bicyclic) bond motifs is 1. The Morgan fingerprint density at radius 1 is 1.09 bits per heavy atom. The fourth-order valence-corrected chi connectivity index (χ4v) is 4.25. The lowest BCUT2D eigenvalue weighted by Crippen LogP contribution is -2.36. The Morgan fingerprint density at radius 3 is 2.44 bits per heavy atom. The van der Waals surface area contributed by atoms with Gasteiger partial charge in [0.15, 0.2) is 11.5 Å². The quantitative estimate of drug-likeness (QED) is 0.349. The maximum absolute atomic E-state index is 11.8. The molecule has 2 heterocycles. The zero-order chi connectivity index (χ0) is 23.7. The Hall–Kier alpha value is -3.02. The summed E-state index contributed by atoms with van der Waals surface area (Å²) in [4.78, 5) is 16.7. The largest absolute Gasteiger partial charge is 0.493 e. The van der Waals surface area contributed by atoms with Gasteiger partial charge in [0.2, 0.25) is 0 Å². The van der Waals surface area contributed by atoms with Crippen LogP contribution in [-0.2, 0) is 4.79 Å². The van der Waals surface area contributed by atoms with Crippen molar-refractivity contribution in [2.24, 2.45) is 5.41 Å². The van der Waals surface area contributed by atoms with Crippen LogP contribution in [0.4, 0.5) is 5.82 Å². The third kappa shape index (κ3) is 5.42. The van der Waals surface area contributed by atoms with Crippen LogP contribution in [0.3, 0.4) is 0 Å². The number of ether oxygens (including phenoxy) is 2. The van der Waals surface area contributed by atoms with Crippen molar-refractivity contribution in [3.8, 4) is 22.8 Å². The van der Waals surface area contributed by atoms with E-state index in [9.17, 15) is 4.79 Å². The van der Waals surface area contributed by atoms with Crippen LogP contribution in [0.25, 0.3) is 16.9 Å². The van der Waals surface area contributed by atoms with Crippen LogP contribution >= 0.6 is 0 Å². The Kier molecular flexibility index (Phi) is 6.54. The molecule has 3 aromatic rings. The number of anilines is 1. The summed E-state index contributed by atoms with van der Waals surface area (Å²) in [7, 11) is 1.57. The number of carbonyl (C=O) groups is 1. The normalized spacial score (nSPS) is 12.1. The van der Waals surface area contributed by atoms with Crippen LogP contribution < -0.4 is 14.8 Å².